The highest BCUT2D eigenvalue weighted by Gasteiger charge is 2.16. The molecule has 2 aromatic rings. The van der Waals surface area contributed by atoms with Gasteiger partial charge in [0.25, 0.3) is 0 Å². The zero-order valence-electron chi connectivity index (χ0n) is 25.5. The predicted octanol–water partition coefficient (Wildman–Crippen LogP) is 6.26. The lowest BCUT2D eigenvalue weighted by molar-refractivity contribution is -0.156. The molecule has 0 amide bonds. The highest BCUT2D eigenvalue weighted by molar-refractivity contribution is 9.09. The van der Waals surface area contributed by atoms with Crippen LogP contribution in [0, 0.1) is 0 Å². The van der Waals surface area contributed by atoms with Crippen LogP contribution in [0.25, 0.3) is 0 Å². The van der Waals surface area contributed by atoms with Crippen LogP contribution < -0.4 is 25.7 Å². The summed E-state index contributed by atoms with van der Waals surface area (Å²) >= 11 is 3.25. The molecule has 0 spiro atoms. The number of methoxy groups -OCH3 is 2. The maximum Gasteiger partial charge on any atom is 0.306 e. The summed E-state index contributed by atoms with van der Waals surface area (Å²) in [6, 6.07) is 9.78. The van der Waals surface area contributed by atoms with Gasteiger partial charge in [-0.3, -0.25) is 9.59 Å². The van der Waals surface area contributed by atoms with Gasteiger partial charge in [0.2, 0.25) is 0 Å². The number of carbonyl (C=O) groups excluding carboxylic acids is 2. The molecule has 0 aliphatic rings. The Balaban J connectivity index is 0.000000643. The normalized spacial score (nSPS) is 10.7. The summed E-state index contributed by atoms with van der Waals surface area (Å²) in [7, 11) is 3.09. The zero-order chi connectivity index (χ0) is 31.6. The van der Waals surface area contributed by atoms with E-state index in [0.29, 0.717) is 54.5 Å². The van der Waals surface area contributed by atoms with Gasteiger partial charge in [-0.25, -0.2) is 0 Å². The van der Waals surface area contributed by atoms with E-state index < -0.39 is 5.60 Å². The van der Waals surface area contributed by atoms with E-state index in [1.165, 1.54) is 19.2 Å². The molecule has 10 nitrogen and oxygen atoms in total. The molecular weight excluding hydrogens is 596 g/mol. The third kappa shape index (κ3) is 21.1. The van der Waals surface area contributed by atoms with Crippen molar-refractivity contribution < 1.29 is 38.4 Å². The van der Waals surface area contributed by atoms with Crippen LogP contribution in [0.2, 0.25) is 0 Å². The maximum absolute atomic E-state index is 11.5. The number of aromatic hydroxyl groups is 1. The van der Waals surface area contributed by atoms with Crippen LogP contribution in [0.3, 0.4) is 0 Å². The van der Waals surface area contributed by atoms with Crippen molar-refractivity contribution in [2.45, 2.75) is 78.4 Å². The number of nitrogen functional groups attached to an aromatic ring is 2. The summed E-state index contributed by atoms with van der Waals surface area (Å²) in [4.78, 5) is 22.5. The summed E-state index contributed by atoms with van der Waals surface area (Å²) in [6.45, 7) is 11.6. The van der Waals surface area contributed by atoms with Gasteiger partial charge in [-0.15, -0.1) is 0 Å². The van der Waals surface area contributed by atoms with Crippen molar-refractivity contribution in [3.8, 4) is 23.0 Å². The molecule has 41 heavy (non-hydrogen) atoms. The van der Waals surface area contributed by atoms with Crippen LogP contribution in [0.4, 0.5) is 11.4 Å². The molecule has 0 bridgehead atoms. The van der Waals surface area contributed by atoms with E-state index in [4.69, 9.17) is 40.3 Å². The number of hydrogen-bond acceptors (Lipinski definition) is 10. The third-order valence-electron chi connectivity index (χ3n) is 4.44. The fraction of sp³-hybridized carbons (Fsp3) is 0.533. The van der Waals surface area contributed by atoms with Crippen molar-refractivity contribution in [1.29, 1.82) is 0 Å². The number of phenolic OH excluding ortho intramolecular Hbond substituents is 1. The minimum absolute atomic E-state index is 0.114. The number of ether oxygens (including phenoxy) is 5. The van der Waals surface area contributed by atoms with Gasteiger partial charge in [-0.05, 0) is 54.4 Å². The number of esters is 2. The Hall–Kier alpha value is -3.34. The summed E-state index contributed by atoms with van der Waals surface area (Å²) < 4.78 is 25.8. The molecule has 11 heteroatoms. The lowest BCUT2D eigenvalue weighted by atomic mass is 10.2. The Labute approximate surface area is 252 Å². The van der Waals surface area contributed by atoms with Gasteiger partial charge in [0, 0.05) is 65.9 Å². The van der Waals surface area contributed by atoms with Crippen molar-refractivity contribution in [3.63, 3.8) is 0 Å². The Morgan fingerprint density at radius 1 is 0.732 bits per heavy atom. The Morgan fingerprint density at radius 2 is 1.17 bits per heavy atom. The predicted molar refractivity (Wildman–Crippen MR) is 166 cm³/mol. The van der Waals surface area contributed by atoms with Gasteiger partial charge >= 0.3 is 11.9 Å². The zero-order valence-corrected chi connectivity index (χ0v) is 27.1. The van der Waals surface area contributed by atoms with Gasteiger partial charge in [-0.2, -0.15) is 0 Å². The Morgan fingerprint density at radius 3 is 1.61 bits per heavy atom. The largest absolute Gasteiger partial charge is 0.508 e. The number of nitrogens with two attached hydrogens (primary N) is 2. The number of alkyl halides is 1. The first-order valence-corrected chi connectivity index (χ1v) is 14.3. The van der Waals surface area contributed by atoms with Crippen molar-refractivity contribution in [1.82, 2.24) is 0 Å². The highest BCUT2D eigenvalue weighted by Crippen LogP contribution is 2.24. The Kier molecular flexibility index (Phi) is 17.4. The average molecular weight is 644 g/mol. The number of hydrogen-bond donors (Lipinski definition) is 3. The first-order chi connectivity index (χ1) is 19.0. The van der Waals surface area contributed by atoms with Gasteiger partial charge in [-0.1, -0.05) is 15.9 Å². The molecule has 0 unspecified atom stereocenters. The second kappa shape index (κ2) is 18.9. The van der Waals surface area contributed by atoms with Crippen LogP contribution >= 0.6 is 15.9 Å². The summed E-state index contributed by atoms with van der Waals surface area (Å²) in [5.74, 6) is 1.63. The van der Waals surface area contributed by atoms with E-state index in [2.05, 4.69) is 15.9 Å². The first kappa shape index (κ1) is 37.7. The molecule has 0 aliphatic heterocycles. The lowest BCUT2D eigenvalue weighted by Crippen LogP contribution is -2.23. The molecule has 0 saturated carbocycles. The van der Waals surface area contributed by atoms with Crippen molar-refractivity contribution in [3.05, 3.63) is 36.4 Å². The van der Waals surface area contributed by atoms with Gasteiger partial charge < -0.3 is 40.3 Å². The van der Waals surface area contributed by atoms with E-state index in [1.807, 2.05) is 41.5 Å². The van der Waals surface area contributed by atoms with E-state index in [0.717, 1.165) is 11.8 Å². The summed E-state index contributed by atoms with van der Waals surface area (Å²) in [5, 5.41) is 9.82. The van der Waals surface area contributed by atoms with Crippen molar-refractivity contribution in [2.75, 3.05) is 37.6 Å². The minimum atomic E-state index is -0.445. The van der Waals surface area contributed by atoms with Gasteiger partial charge in [0.05, 0.1) is 20.8 Å². The molecule has 0 aromatic heterocycles. The van der Waals surface area contributed by atoms with E-state index in [9.17, 15) is 9.59 Å². The van der Waals surface area contributed by atoms with Crippen molar-refractivity contribution >= 4 is 39.2 Å². The highest BCUT2D eigenvalue weighted by atomic mass is 79.9. The number of halogens is 1. The lowest BCUT2D eigenvalue weighted by Gasteiger charge is -2.19. The van der Waals surface area contributed by atoms with Crippen LogP contribution in [0.15, 0.2) is 36.4 Å². The molecule has 5 N–H and O–H groups in total. The summed E-state index contributed by atoms with van der Waals surface area (Å²) in [5.41, 5.74) is 11.4. The van der Waals surface area contributed by atoms with Crippen molar-refractivity contribution in [2.24, 2.45) is 0 Å². The maximum atomic E-state index is 11.5. The van der Waals surface area contributed by atoms with Gasteiger partial charge in [0.1, 0.15) is 34.2 Å². The number of rotatable bonds is 10. The fourth-order valence-electron chi connectivity index (χ4n) is 2.92. The smallest absolute Gasteiger partial charge is 0.306 e. The third-order valence-corrected chi connectivity index (χ3v) is 5.00. The topological polar surface area (TPSA) is 153 Å². The second-order valence-electron chi connectivity index (χ2n) is 10.8. The monoisotopic (exact) mass is 642 g/mol. The summed E-state index contributed by atoms with van der Waals surface area (Å²) in [6.07, 6.45) is 2.26. The molecule has 2 rings (SSSR count). The van der Waals surface area contributed by atoms with E-state index in [1.54, 1.807) is 31.4 Å². The molecule has 0 atom stereocenters. The second-order valence-corrected chi connectivity index (χ2v) is 11.6. The number of phenols is 1. The van der Waals surface area contributed by atoms with E-state index in [-0.39, 0.29) is 23.3 Å². The quantitative estimate of drug-likeness (QED) is 0.117. The van der Waals surface area contributed by atoms with Crippen LogP contribution in [-0.2, 0) is 19.1 Å². The SMILES string of the molecule is CC(C)(C)OC(=O)CCCBr.COc1cc(N)cc(O)c1.COc1cc(N)cc(OCCCC(=O)OC(C)(C)C)c1. The molecule has 0 aliphatic carbocycles. The number of anilines is 2. The standard InChI is InChI=1S/C15H23NO4.C8H15BrO2.C7H9NO2/c1-15(2,3)20-14(17)6-5-7-19-13-9-11(16)8-12(10-13)18-4;1-8(2,3)11-7(10)5-4-6-9;1-10-7-3-5(8)2-6(9)4-7/h8-10H,5-7,16H2,1-4H3;4-6H2,1-3H3;2-4,9H,8H2,1H3. The number of carbonyl (C=O) groups is 2. The molecule has 0 heterocycles. The minimum Gasteiger partial charge on any atom is -0.508 e. The molecule has 0 fully saturated rings. The number of benzene rings is 2. The molecule has 232 valence electrons. The Bertz CT molecular complexity index is 1050. The molecular formula is C30H47BrN2O8. The molecule has 0 radical (unpaired) electrons. The van der Waals surface area contributed by atoms with E-state index >= 15 is 0 Å². The van der Waals surface area contributed by atoms with Crippen LogP contribution in [-0.4, -0.2) is 54.4 Å². The average Bonchev–Trinajstić information content (AvgIpc) is 2.83. The molecule has 0 saturated heterocycles. The fourth-order valence-corrected chi connectivity index (χ4v) is 3.20. The van der Waals surface area contributed by atoms with Gasteiger partial charge in [0.15, 0.2) is 0 Å². The molecule has 2 aromatic carbocycles. The van der Waals surface area contributed by atoms with Crippen LogP contribution in [0.5, 0.6) is 23.0 Å². The first-order valence-electron chi connectivity index (χ1n) is 13.2. The van der Waals surface area contributed by atoms with Crippen LogP contribution in [0.1, 0.15) is 67.2 Å².